The number of H-pyrrole nitrogens is 1. The van der Waals surface area contributed by atoms with Gasteiger partial charge in [0.25, 0.3) is 0 Å². The molecule has 2 saturated carbocycles. The second-order valence-electron chi connectivity index (χ2n) is 9.15. The molecule has 2 aliphatic carbocycles. The molecule has 2 aromatic rings. The average Bonchev–Trinajstić information content (AvgIpc) is 3.19. The monoisotopic (exact) mass is 395 g/mol. The number of carbonyl (C=O) groups is 1. The van der Waals surface area contributed by atoms with Crippen LogP contribution in [0.5, 0.6) is 0 Å². The first-order valence-electron chi connectivity index (χ1n) is 10.9. The molecule has 7 nitrogen and oxygen atoms in total. The predicted molar refractivity (Wildman–Crippen MR) is 107 cm³/mol. The quantitative estimate of drug-likeness (QED) is 0.813. The Morgan fingerprint density at radius 3 is 2.76 bits per heavy atom. The van der Waals surface area contributed by atoms with Crippen molar-refractivity contribution < 1.29 is 9.53 Å². The van der Waals surface area contributed by atoms with Crippen LogP contribution in [0.15, 0.2) is 30.3 Å². The minimum Gasteiger partial charge on any atom is -0.374 e. The molecule has 1 saturated heterocycles. The highest BCUT2D eigenvalue weighted by atomic mass is 16.5. The van der Waals surface area contributed by atoms with Crippen LogP contribution in [-0.4, -0.2) is 50.1 Å². The van der Waals surface area contributed by atoms with Crippen molar-refractivity contribution in [2.24, 2.45) is 11.3 Å². The summed E-state index contributed by atoms with van der Waals surface area (Å²) in [6, 6.07) is 10.6. The molecule has 5 rings (SSSR count). The number of aromatic nitrogens is 4. The fourth-order valence-corrected chi connectivity index (χ4v) is 5.52. The van der Waals surface area contributed by atoms with Gasteiger partial charge in [0.2, 0.25) is 5.91 Å². The molecule has 1 aliphatic heterocycles. The molecular weight excluding hydrogens is 366 g/mol. The number of nitrogens with zero attached hydrogens (tertiary/aromatic N) is 4. The number of ether oxygens (including phenoxy) is 1. The lowest BCUT2D eigenvalue weighted by Gasteiger charge is -2.57. The summed E-state index contributed by atoms with van der Waals surface area (Å²) >= 11 is 0. The molecule has 29 heavy (non-hydrogen) atoms. The molecule has 0 bridgehead atoms. The number of benzene rings is 1. The van der Waals surface area contributed by atoms with Crippen LogP contribution in [0.25, 0.3) is 0 Å². The third kappa shape index (κ3) is 3.92. The van der Waals surface area contributed by atoms with Crippen molar-refractivity contribution in [1.29, 1.82) is 0 Å². The van der Waals surface area contributed by atoms with Crippen LogP contribution in [0.1, 0.15) is 56.3 Å². The summed E-state index contributed by atoms with van der Waals surface area (Å²) in [6.07, 6.45) is 8.63. The number of carbonyl (C=O) groups excluding carboxylic acids is 1. The zero-order chi connectivity index (χ0) is 19.7. The molecule has 0 radical (unpaired) electrons. The summed E-state index contributed by atoms with van der Waals surface area (Å²) in [4.78, 5) is 15.3. The van der Waals surface area contributed by atoms with E-state index >= 15 is 0 Å². The first kappa shape index (κ1) is 18.7. The van der Waals surface area contributed by atoms with Crippen LogP contribution in [0.4, 0.5) is 0 Å². The molecule has 1 unspecified atom stereocenters. The molecule has 3 aliphatic rings. The van der Waals surface area contributed by atoms with E-state index in [1.54, 1.807) is 0 Å². The Morgan fingerprint density at radius 1 is 1.17 bits per heavy atom. The zero-order valence-corrected chi connectivity index (χ0v) is 16.8. The van der Waals surface area contributed by atoms with Crippen LogP contribution in [0.2, 0.25) is 0 Å². The lowest BCUT2D eigenvalue weighted by atomic mass is 9.50. The van der Waals surface area contributed by atoms with Gasteiger partial charge in [0.05, 0.1) is 12.7 Å². The normalized spacial score (nSPS) is 31.3. The van der Waals surface area contributed by atoms with Gasteiger partial charge in [-0.15, -0.1) is 10.2 Å². The first-order valence-corrected chi connectivity index (χ1v) is 10.9. The van der Waals surface area contributed by atoms with E-state index in [1.165, 1.54) is 12.0 Å². The first-order chi connectivity index (χ1) is 14.2. The highest BCUT2D eigenvalue weighted by Gasteiger charge is 2.56. The predicted octanol–water partition coefficient (Wildman–Crippen LogP) is 2.90. The fraction of sp³-hybridized carbons (Fsp3) is 0.636. The Hall–Kier alpha value is -2.28. The van der Waals surface area contributed by atoms with Crippen molar-refractivity contribution in [3.63, 3.8) is 0 Å². The Labute approximate surface area is 171 Å². The number of aromatic amines is 1. The number of amides is 1. The van der Waals surface area contributed by atoms with Crippen LogP contribution < -0.4 is 0 Å². The summed E-state index contributed by atoms with van der Waals surface area (Å²) in [6.45, 7) is 1.56. The molecule has 3 fully saturated rings. The Morgan fingerprint density at radius 2 is 2.00 bits per heavy atom. The van der Waals surface area contributed by atoms with Crippen LogP contribution in [0.3, 0.4) is 0 Å². The molecule has 1 spiro atoms. The number of nitrogens with one attached hydrogen (secondary N) is 1. The highest BCUT2D eigenvalue weighted by Crippen LogP contribution is 2.60. The van der Waals surface area contributed by atoms with Gasteiger partial charge in [0.1, 0.15) is 0 Å². The van der Waals surface area contributed by atoms with E-state index in [9.17, 15) is 4.79 Å². The Bertz CT molecular complexity index is 811. The number of piperidine rings is 1. The third-order valence-corrected chi connectivity index (χ3v) is 7.08. The highest BCUT2D eigenvalue weighted by molar-refractivity contribution is 5.80. The lowest BCUT2D eigenvalue weighted by molar-refractivity contribution is -0.169. The lowest BCUT2D eigenvalue weighted by Crippen LogP contribution is -2.57. The smallest absolute Gasteiger partial charge is 0.225 e. The van der Waals surface area contributed by atoms with Crippen molar-refractivity contribution in [2.45, 2.75) is 70.1 Å². The number of hydrogen-bond acceptors (Lipinski definition) is 5. The number of hydrogen-bond donors (Lipinski definition) is 1. The molecule has 1 N–H and O–H groups in total. The molecule has 1 atom stereocenters. The Balaban J connectivity index is 1.09. The van der Waals surface area contributed by atoms with E-state index in [2.05, 4.69) is 49.8 Å². The molecule has 154 valence electrons. The second-order valence-corrected chi connectivity index (χ2v) is 9.15. The van der Waals surface area contributed by atoms with Crippen molar-refractivity contribution >= 4 is 5.91 Å². The van der Waals surface area contributed by atoms with Crippen LogP contribution in [0, 0.1) is 11.3 Å². The summed E-state index contributed by atoms with van der Waals surface area (Å²) < 4.78 is 6.06. The largest absolute Gasteiger partial charge is 0.374 e. The van der Waals surface area contributed by atoms with E-state index in [0.29, 0.717) is 36.3 Å². The third-order valence-electron chi connectivity index (χ3n) is 7.08. The molecule has 1 aromatic heterocycles. The van der Waals surface area contributed by atoms with E-state index < -0.39 is 0 Å². The number of tetrazole rings is 1. The maximum Gasteiger partial charge on any atom is 0.225 e. The van der Waals surface area contributed by atoms with Gasteiger partial charge in [0, 0.05) is 24.9 Å². The maximum atomic E-state index is 13.2. The van der Waals surface area contributed by atoms with E-state index in [1.807, 2.05) is 6.07 Å². The molecule has 1 aromatic carbocycles. The minimum atomic E-state index is 0.191. The Kier molecular flexibility index (Phi) is 5.08. The molecule has 1 amide bonds. The van der Waals surface area contributed by atoms with Crippen molar-refractivity contribution in [3.8, 4) is 0 Å². The number of likely N-dealkylation sites (tertiary alicyclic amines) is 1. The maximum absolute atomic E-state index is 13.2. The van der Waals surface area contributed by atoms with Gasteiger partial charge in [-0.3, -0.25) is 4.79 Å². The summed E-state index contributed by atoms with van der Waals surface area (Å²) in [5.74, 6) is 1.24. The van der Waals surface area contributed by atoms with Gasteiger partial charge in [-0.2, -0.15) is 5.21 Å². The standard InChI is InChI=1S/C22H29N5O2/c28-21(27-9-5-4-8-18(27)10-20-23-25-26-24-20)17-11-22(12-17)13-19(14-22)29-15-16-6-2-1-3-7-16/h1-3,6-7,17-19H,4-5,8-15H2,(H,23,24,25,26). The molecular formula is C22H29N5O2. The van der Waals surface area contributed by atoms with E-state index in [-0.39, 0.29) is 12.0 Å². The SMILES string of the molecule is O=C(C1CC2(CC(OCc3ccccc3)C2)C1)N1CCCCC1Cc1nn[nH]n1. The van der Waals surface area contributed by atoms with Gasteiger partial charge in [0.15, 0.2) is 5.82 Å². The van der Waals surface area contributed by atoms with Gasteiger partial charge < -0.3 is 9.64 Å². The van der Waals surface area contributed by atoms with Gasteiger partial charge >= 0.3 is 0 Å². The van der Waals surface area contributed by atoms with Crippen molar-refractivity contribution in [2.75, 3.05) is 6.54 Å². The molecule has 2 heterocycles. The zero-order valence-electron chi connectivity index (χ0n) is 16.8. The van der Waals surface area contributed by atoms with Crippen molar-refractivity contribution in [3.05, 3.63) is 41.7 Å². The summed E-state index contributed by atoms with van der Waals surface area (Å²) in [5, 5.41) is 14.3. The van der Waals surface area contributed by atoms with Gasteiger partial charge in [-0.1, -0.05) is 35.5 Å². The fourth-order valence-electron chi connectivity index (χ4n) is 5.52. The second kappa shape index (κ2) is 7.86. The topological polar surface area (TPSA) is 84.0 Å². The van der Waals surface area contributed by atoms with Crippen molar-refractivity contribution in [1.82, 2.24) is 25.5 Å². The average molecular weight is 396 g/mol. The molecule has 7 heteroatoms. The van der Waals surface area contributed by atoms with Gasteiger partial charge in [-0.25, -0.2) is 0 Å². The van der Waals surface area contributed by atoms with Gasteiger partial charge in [-0.05, 0) is 55.9 Å². The van der Waals surface area contributed by atoms with E-state index in [4.69, 9.17) is 4.74 Å². The van der Waals surface area contributed by atoms with E-state index in [0.717, 1.165) is 45.1 Å². The summed E-state index contributed by atoms with van der Waals surface area (Å²) in [7, 11) is 0. The van der Waals surface area contributed by atoms with Crippen LogP contribution >= 0.6 is 0 Å². The number of rotatable bonds is 6. The van der Waals surface area contributed by atoms with Crippen LogP contribution in [-0.2, 0) is 22.6 Å². The minimum absolute atomic E-state index is 0.191. The summed E-state index contributed by atoms with van der Waals surface area (Å²) in [5.41, 5.74) is 1.59.